The highest BCUT2D eigenvalue weighted by Gasteiger charge is 1.98. The third kappa shape index (κ3) is 2.49. The quantitative estimate of drug-likeness (QED) is 0.385. The van der Waals surface area contributed by atoms with Crippen LogP contribution in [-0.4, -0.2) is 6.54 Å². The summed E-state index contributed by atoms with van der Waals surface area (Å²) in [4.78, 5) is 2.73. The zero-order chi connectivity index (χ0) is 9.68. The Balaban J connectivity index is 2.76. The minimum atomic E-state index is 0.542. The predicted molar refractivity (Wildman–Crippen MR) is 53.6 cm³/mol. The van der Waals surface area contributed by atoms with Crippen LogP contribution >= 0.6 is 0 Å². The third-order valence-electron chi connectivity index (χ3n) is 2.26. The molecule has 3 heteroatoms. The predicted octanol–water partition coefficient (Wildman–Crippen LogP) is 3.16. The summed E-state index contributed by atoms with van der Waals surface area (Å²) in [5, 5.41) is 3.52. The van der Waals surface area contributed by atoms with E-state index in [0.29, 0.717) is 6.54 Å². The highest BCUT2D eigenvalue weighted by atomic mass is 15.1. The fourth-order valence-electron chi connectivity index (χ4n) is 1.30. The molecule has 0 radical (unpaired) electrons. The van der Waals surface area contributed by atoms with Gasteiger partial charge >= 0.3 is 0 Å². The zero-order valence-electron chi connectivity index (χ0n) is 7.99. The van der Waals surface area contributed by atoms with Crippen molar-refractivity contribution in [3.63, 3.8) is 0 Å². The summed E-state index contributed by atoms with van der Waals surface area (Å²) in [6.07, 6.45) is 0.831. The largest absolute Gasteiger partial charge is 0.0936 e. The molecular weight excluding hydrogens is 162 g/mol. The molecule has 0 atom stereocenters. The minimum Gasteiger partial charge on any atom is -0.0936 e. The van der Waals surface area contributed by atoms with Gasteiger partial charge in [0, 0.05) is 11.5 Å². The fraction of sp³-hybridized carbons (Fsp3) is 0.400. The molecule has 0 amide bonds. The van der Waals surface area contributed by atoms with Crippen LogP contribution in [0.5, 0.6) is 0 Å². The smallest absolute Gasteiger partial charge is 0.0298 e. The van der Waals surface area contributed by atoms with Crippen LogP contribution < -0.4 is 0 Å². The second-order valence-electron chi connectivity index (χ2n) is 3.06. The molecule has 0 unspecified atom stereocenters. The first-order valence-electron chi connectivity index (χ1n) is 4.31. The van der Waals surface area contributed by atoms with E-state index in [9.17, 15) is 0 Å². The number of aryl methyl sites for hydroxylation is 1. The Morgan fingerprint density at radius 3 is 2.85 bits per heavy atom. The first-order valence-corrected chi connectivity index (χ1v) is 4.31. The number of nitrogens with zero attached hydrogens (tertiary/aromatic N) is 3. The monoisotopic (exact) mass is 175 g/mol. The van der Waals surface area contributed by atoms with Gasteiger partial charge < -0.3 is 0 Å². The summed E-state index contributed by atoms with van der Waals surface area (Å²) in [6.45, 7) is 4.73. The summed E-state index contributed by atoms with van der Waals surface area (Å²) in [5.74, 6) is 0. The first-order chi connectivity index (χ1) is 6.25. The van der Waals surface area contributed by atoms with Crippen LogP contribution in [0.1, 0.15) is 16.7 Å². The molecule has 0 N–H and O–H groups in total. The molecule has 0 saturated carbocycles. The van der Waals surface area contributed by atoms with Crippen molar-refractivity contribution in [2.24, 2.45) is 5.11 Å². The van der Waals surface area contributed by atoms with Crippen LogP contribution in [-0.2, 0) is 6.42 Å². The van der Waals surface area contributed by atoms with Gasteiger partial charge in [-0.05, 0) is 42.5 Å². The van der Waals surface area contributed by atoms with Crippen LogP contribution in [0.15, 0.2) is 23.3 Å². The van der Waals surface area contributed by atoms with E-state index in [0.717, 1.165) is 6.42 Å². The summed E-state index contributed by atoms with van der Waals surface area (Å²) in [7, 11) is 0. The zero-order valence-corrected chi connectivity index (χ0v) is 7.99. The lowest BCUT2D eigenvalue weighted by molar-refractivity contribution is 0.943. The lowest BCUT2D eigenvalue weighted by Gasteiger charge is -2.05. The maximum Gasteiger partial charge on any atom is 0.0298 e. The van der Waals surface area contributed by atoms with Crippen molar-refractivity contribution in [3.05, 3.63) is 45.3 Å². The van der Waals surface area contributed by atoms with Crippen LogP contribution in [0.2, 0.25) is 0 Å². The number of rotatable bonds is 3. The molecule has 3 nitrogen and oxygen atoms in total. The minimum absolute atomic E-state index is 0.542. The van der Waals surface area contributed by atoms with Crippen molar-refractivity contribution in [2.75, 3.05) is 6.54 Å². The van der Waals surface area contributed by atoms with Crippen molar-refractivity contribution in [1.82, 2.24) is 0 Å². The summed E-state index contributed by atoms with van der Waals surface area (Å²) in [5.41, 5.74) is 12.0. The van der Waals surface area contributed by atoms with Gasteiger partial charge in [-0.1, -0.05) is 23.3 Å². The molecule has 0 bridgehead atoms. The van der Waals surface area contributed by atoms with Crippen molar-refractivity contribution in [2.45, 2.75) is 20.3 Å². The lowest BCUT2D eigenvalue weighted by Crippen LogP contribution is -1.94. The van der Waals surface area contributed by atoms with Gasteiger partial charge in [0.2, 0.25) is 0 Å². The molecule has 13 heavy (non-hydrogen) atoms. The van der Waals surface area contributed by atoms with Gasteiger partial charge in [-0.3, -0.25) is 0 Å². The molecule has 1 aromatic carbocycles. The van der Waals surface area contributed by atoms with E-state index in [1.165, 1.54) is 16.7 Å². The van der Waals surface area contributed by atoms with E-state index in [-0.39, 0.29) is 0 Å². The summed E-state index contributed by atoms with van der Waals surface area (Å²) in [6, 6.07) is 6.20. The summed E-state index contributed by atoms with van der Waals surface area (Å²) >= 11 is 0. The van der Waals surface area contributed by atoms with Crippen LogP contribution in [0, 0.1) is 13.8 Å². The number of benzene rings is 1. The SMILES string of the molecule is Cc1cccc(CCN=[N+]=[N-])c1C. The van der Waals surface area contributed by atoms with Gasteiger partial charge in [0.25, 0.3) is 0 Å². The molecule has 0 saturated heterocycles. The Hall–Kier alpha value is -1.47. The lowest BCUT2D eigenvalue weighted by atomic mass is 10.0. The van der Waals surface area contributed by atoms with E-state index >= 15 is 0 Å². The third-order valence-corrected chi connectivity index (χ3v) is 2.26. The van der Waals surface area contributed by atoms with E-state index in [2.05, 4.69) is 36.0 Å². The molecule has 1 aromatic rings. The van der Waals surface area contributed by atoms with E-state index < -0.39 is 0 Å². The van der Waals surface area contributed by atoms with Crippen LogP contribution in [0.4, 0.5) is 0 Å². The van der Waals surface area contributed by atoms with Crippen molar-refractivity contribution in [1.29, 1.82) is 0 Å². The Morgan fingerprint density at radius 1 is 1.38 bits per heavy atom. The molecular formula is C10H13N3. The van der Waals surface area contributed by atoms with Gasteiger partial charge in [0.05, 0.1) is 0 Å². The number of hydrogen-bond donors (Lipinski definition) is 0. The Labute approximate surface area is 78.0 Å². The molecule has 0 heterocycles. The van der Waals surface area contributed by atoms with E-state index in [1.807, 2.05) is 6.07 Å². The average molecular weight is 175 g/mol. The second kappa shape index (κ2) is 4.53. The molecule has 0 spiro atoms. The first kappa shape index (κ1) is 9.62. The maximum absolute atomic E-state index is 8.13. The standard InChI is InChI=1S/C10H13N3/c1-8-4-3-5-10(9(8)2)6-7-12-13-11/h3-5H,6-7H2,1-2H3. The highest BCUT2D eigenvalue weighted by molar-refractivity contribution is 5.33. The van der Waals surface area contributed by atoms with Crippen molar-refractivity contribution in [3.8, 4) is 0 Å². The molecule has 1 rings (SSSR count). The van der Waals surface area contributed by atoms with Gasteiger partial charge in [-0.25, -0.2) is 0 Å². The molecule has 0 aliphatic rings. The van der Waals surface area contributed by atoms with Gasteiger partial charge in [-0.15, -0.1) is 0 Å². The average Bonchev–Trinajstić information content (AvgIpc) is 2.13. The normalized spacial score (nSPS) is 9.38. The fourth-order valence-corrected chi connectivity index (χ4v) is 1.30. The van der Waals surface area contributed by atoms with Crippen molar-refractivity contribution >= 4 is 0 Å². The van der Waals surface area contributed by atoms with Crippen LogP contribution in [0.25, 0.3) is 10.4 Å². The maximum atomic E-state index is 8.13. The molecule has 0 aliphatic carbocycles. The molecule has 68 valence electrons. The van der Waals surface area contributed by atoms with Crippen LogP contribution in [0.3, 0.4) is 0 Å². The van der Waals surface area contributed by atoms with Gasteiger partial charge in [-0.2, -0.15) is 0 Å². The molecule has 0 aromatic heterocycles. The topological polar surface area (TPSA) is 48.8 Å². The Bertz CT molecular complexity index is 338. The highest BCUT2D eigenvalue weighted by Crippen LogP contribution is 2.12. The molecule has 0 fully saturated rings. The van der Waals surface area contributed by atoms with E-state index in [1.54, 1.807) is 0 Å². The second-order valence-corrected chi connectivity index (χ2v) is 3.06. The Kier molecular flexibility index (Phi) is 3.35. The summed E-state index contributed by atoms with van der Waals surface area (Å²) < 4.78 is 0. The van der Waals surface area contributed by atoms with Gasteiger partial charge in [0.1, 0.15) is 0 Å². The van der Waals surface area contributed by atoms with Gasteiger partial charge in [0.15, 0.2) is 0 Å². The number of hydrogen-bond acceptors (Lipinski definition) is 1. The van der Waals surface area contributed by atoms with E-state index in [4.69, 9.17) is 5.53 Å². The number of azide groups is 1. The Morgan fingerprint density at radius 2 is 2.15 bits per heavy atom. The molecule has 0 aliphatic heterocycles. The van der Waals surface area contributed by atoms with Crippen molar-refractivity contribution < 1.29 is 0 Å².